The van der Waals surface area contributed by atoms with Gasteiger partial charge in [0.05, 0.1) is 0 Å². The summed E-state index contributed by atoms with van der Waals surface area (Å²) in [6, 6.07) is 0.413. The summed E-state index contributed by atoms with van der Waals surface area (Å²) in [5.41, 5.74) is 18.7. The predicted octanol–water partition coefficient (Wildman–Crippen LogP) is -0.166. The van der Waals surface area contributed by atoms with Crippen molar-refractivity contribution >= 4 is 24.3 Å². The van der Waals surface area contributed by atoms with E-state index in [4.69, 9.17) is 17.2 Å². The molecule has 1 fully saturated rings. The molecule has 0 amide bonds. The van der Waals surface area contributed by atoms with Crippen LogP contribution in [-0.2, 0) is 0 Å². The lowest BCUT2D eigenvalue weighted by Gasteiger charge is -2.20. The Balaban J connectivity index is 0.00000196. The van der Waals surface area contributed by atoms with Crippen LogP contribution in [0.2, 0.25) is 0 Å². The van der Waals surface area contributed by atoms with Gasteiger partial charge in [-0.25, -0.2) is 0 Å². The van der Waals surface area contributed by atoms with Crippen LogP contribution in [-0.4, -0.2) is 18.0 Å². The van der Waals surface area contributed by atoms with Crippen LogP contribution in [0.25, 0.3) is 0 Å². The molecule has 0 aliphatic heterocycles. The molecule has 1 saturated carbocycles. The van der Waals surface area contributed by atoms with E-state index in [-0.39, 0.29) is 24.3 Å². The van der Waals surface area contributed by atoms with Gasteiger partial charge in [-0.15, -0.1) is 17.5 Å². The zero-order valence-corrected chi connectivity index (χ0v) is 9.46. The van der Waals surface area contributed by atoms with Crippen molar-refractivity contribution in [3.8, 4) is 0 Å². The van der Waals surface area contributed by atoms with Crippen LogP contribution in [0, 0.1) is 0 Å². The van der Waals surface area contributed by atoms with Crippen molar-refractivity contribution in [3.63, 3.8) is 0 Å². The van der Waals surface area contributed by atoms with Crippen molar-refractivity contribution in [1.82, 2.24) is 5.43 Å². The van der Waals surface area contributed by atoms with Gasteiger partial charge in [0.25, 0.3) is 0 Å². The number of guanidine groups is 2. The van der Waals surface area contributed by atoms with Crippen molar-refractivity contribution in [2.45, 2.75) is 38.1 Å². The molecule has 0 aromatic carbocycles. The van der Waals surface area contributed by atoms with E-state index in [0.29, 0.717) is 6.04 Å². The van der Waals surface area contributed by atoms with Crippen molar-refractivity contribution in [2.75, 3.05) is 0 Å². The number of nitrogens with one attached hydrogen (secondary N) is 1. The zero-order valence-electron chi connectivity index (χ0n) is 8.65. The maximum absolute atomic E-state index is 5.43. The second-order valence-corrected chi connectivity index (χ2v) is 3.47. The molecule has 7 N–H and O–H groups in total. The number of hydrogen-bond acceptors (Lipinski definition) is 2. The lowest BCUT2D eigenvalue weighted by atomic mass is 9.96. The molecule has 0 heterocycles. The topological polar surface area (TPSA) is 115 Å². The highest BCUT2D eigenvalue weighted by Crippen LogP contribution is 2.17. The van der Waals surface area contributed by atoms with E-state index in [1.54, 1.807) is 0 Å². The molecule has 0 saturated heterocycles. The predicted molar refractivity (Wildman–Crippen MR) is 64.7 cm³/mol. The van der Waals surface area contributed by atoms with E-state index in [2.05, 4.69) is 15.5 Å². The Morgan fingerprint density at radius 2 is 1.67 bits per heavy atom. The standard InChI is InChI=1S/C8H18N6.ClH/c9-7(10)12-8(11)14-13-6-4-2-1-3-5-6;/h6,13H,1-5H2,(H6,9,10,11,12,14);1H. The van der Waals surface area contributed by atoms with Gasteiger partial charge in [0, 0.05) is 6.04 Å². The molecular formula is C8H19ClN6. The summed E-state index contributed by atoms with van der Waals surface area (Å²) < 4.78 is 0. The molecule has 1 aliphatic carbocycles. The summed E-state index contributed by atoms with van der Waals surface area (Å²) in [6.07, 6.45) is 6.08. The number of hydrazone groups is 1. The van der Waals surface area contributed by atoms with Crippen LogP contribution in [0.4, 0.5) is 0 Å². The van der Waals surface area contributed by atoms with Gasteiger partial charge in [0.15, 0.2) is 5.96 Å². The molecule has 1 aliphatic rings. The van der Waals surface area contributed by atoms with Crippen molar-refractivity contribution in [1.29, 1.82) is 0 Å². The summed E-state index contributed by atoms with van der Waals surface area (Å²) in [5.74, 6) is 0.00673. The molecule has 1 rings (SSSR count). The monoisotopic (exact) mass is 234 g/mol. The molecule has 0 spiro atoms. The van der Waals surface area contributed by atoms with Crippen molar-refractivity contribution in [3.05, 3.63) is 0 Å². The molecule has 0 radical (unpaired) electrons. The zero-order chi connectivity index (χ0) is 10.4. The largest absolute Gasteiger partial charge is 0.370 e. The maximum atomic E-state index is 5.43. The summed E-state index contributed by atoms with van der Waals surface area (Å²) in [5, 5.41) is 3.88. The summed E-state index contributed by atoms with van der Waals surface area (Å²) >= 11 is 0. The molecular weight excluding hydrogens is 216 g/mol. The van der Waals surface area contributed by atoms with Gasteiger partial charge < -0.3 is 22.6 Å². The lowest BCUT2D eigenvalue weighted by molar-refractivity contribution is 0.380. The van der Waals surface area contributed by atoms with Gasteiger partial charge in [-0.1, -0.05) is 19.3 Å². The normalized spacial score (nSPS) is 17.7. The first-order valence-electron chi connectivity index (χ1n) is 4.87. The Labute approximate surface area is 95.8 Å². The van der Waals surface area contributed by atoms with E-state index < -0.39 is 0 Å². The Hall–Kier alpha value is -1.17. The van der Waals surface area contributed by atoms with E-state index in [9.17, 15) is 0 Å². The maximum Gasteiger partial charge on any atom is 0.240 e. The van der Waals surface area contributed by atoms with Gasteiger partial charge in [0.1, 0.15) is 0 Å². The lowest BCUT2D eigenvalue weighted by Crippen LogP contribution is -2.31. The SMILES string of the molecule is Cl.NC(N)=NC(N)=NNC1CCCCC1. The number of hydrogen-bond donors (Lipinski definition) is 4. The van der Waals surface area contributed by atoms with E-state index in [0.717, 1.165) is 12.8 Å². The molecule has 0 aromatic rings. The third-order valence-electron chi connectivity index (χ3n) is 2.21. The summed E-state index contributed by atoms with van der Waals surface area (Å²) in [7, 11) is 0. The van der Waals surface area contributed by atoms with Gasteiger partial charge in [-0.05, 0) is 12.8 Å². The number of aliphatic imine (C=N–C) groups is 1. The fourth-order valence-corrected chi connectivity index (χ4v) is 1.55. The van der Waals surface area contributed by atoms with E-state index in [1.165, 1.54) is 19.3 Å². The van der Waals surface area contributed by atoms with Crippen LogP contribution < -0.4 is 22.6 Å². The van der Waals surface area contributed by atoms with Crippen molar-refractivity contribution in [2.24, 2.45) is 27.3 Å². The molecule has 15 heavy (non-hydrogen) atoms. The van der Waals surface area contributed by atoms with Crippen LogP contribution >= 0.6 is 12.4 Å². The van der Waals surface area contributed by atoms with Crippen LogP contribution in [0.5, 0.6) is 0 Å². The minimum Gasteiger partial charge on any atom is -0.370 e. The molecule has 88 valence electrons. The highest BCUT2D eigenvalue weighted by molar-refractivity contribution is 5.92. The average Bonchev–Trinajstić information content (AvgIpc) is 2.15. The van der Waals surface area contributed by atoms with Gasteiger partial charge in [-0.3, -0.25) is 0 Å². The average molecular weight is 235 g/mol. The van der Waals surface area contributed by atoms with Crippen LogP contribution in [0.3, 0.4) is 0 Å². The third-order valence-corrected chi connectivity index (χ3v) is 2.21. The molecule has 0 bridgehead atoms. The van der Waals surface area contributed by atoms with Gasteiger partial charge in [0.2, 0.25) is 5.96 Å². The van der Waals surface area contributed by atoms with Gasteiger partial charge in [-0.2, -0.15) is 4.99 Å². The Kier molecular flexibility index (Phi) is 6.61. The molecule has 0 atom stereocenters. The molecule has 6 nitrogen and oxygen atoms in total. The summed E-state index contributed by atoms with van der Waals surface area (Å²) in [6.45, 7) is 0. The first-order chi connectivity index (χ1) is 6.68. The highest BCUT2D eigenvalue weighted by atomic mass is 35.5. The second kappa shape index (κ2) is 7.17. The Bertz CT molecular complexity index is 229. The quantitative estimate of drug-likeness (QED) is 0.302. The number of halogens is 1. The smallest absolute Gasteiger partial charge is 0.240 e. The second-order valence-electron chi connectivity index (χ2n) is 3.47. The molecule has 0 aromatic heterocycles. The minimum atomic E-state index is -0.0725. The van der Waals surface area contributed by atoms with E-state index >= 15 is 0 Å². The number of nitrogens with zero attached hydrogens (tertiary/aromatic N) is 2. The third kappa shape index (κ3) is 6.01. The first-order valence-corrected chi connectivity index (χ1v) is 4.87. The summed E-state index contributed by atoms with van der Waals surface area (Å²) in [4.78, 5) is 3.60. The Morgan fingerprint density at radius 3 is 2.20 bits per heavy atom. The number of rotatable bonds is 2. The number of nitrogens with two attached hydrogens (primary N) is 3. The Morgan fingerprint density at radius 1 is 1.07 bits per heavy atom. The van der Waals surface area contributed by atoms with Crippen molar-refractivity contribution < 1.29 is 0 Å². The first kappa shape index (κ1) is 13.8. The van der Waals surface area contributed by atoms with E-state index in [1.807, 2.05) is 0 Å². The highest BCUT2D eigenvalue weighted by Gasteiger charge is 2.11. The molecule has 7 heteroatoms. The fraction of sp³-hybridized carbons (Fsp3) is 0.750. The van der Waals surface area contributed by atoms with Gasteiger partial charge >= 0.3 is 0 Å². The van der Waals surface area contributed by atoms with Crippen LogP contribution in [0.1, 0.15) is 32.1 Å². The molecule has 0 unspecified atom stereocenters. The van der Waals surface area contributed by atoms with Crippen LogP contribution in [0.15, 0.2) is 10.1 Å². The fourth-order valence-electron chi connectivity index (χ4n) is 1.55. The minimum absolute atomic E-state index is 0.